The molecule has 0 bridgehead atoms. The van der Waals surface area contributed by atoms with E-state index in [4.69, 9.17) is 10.5 Å². The summed E-state index contributed by atoms with van der Waals surface area (Å²) >= 11 is 0. The van der Waals surface area contributed by atoms with Gasteiger partial charge in [0.05, 0.1) is 6.10 Å². The van der Waals surface area contributed by atoms with E-state index in [1.807, 2.05) is 0 Å². The quantitative estimate of drug-likeness (QED) is 0.501. The number of nitrogens with two attached hydrogens (primary N) is 1. The maximum absolute atomic E-state index is 10.1. The number of anilines is 2. The van der Waals surface area contributed by atoms with E-state index < -0.39 is 30.6 Å². The molecular weight excluding hydrogens is 278 g/mol. The standard InChI is InChI=1S/C12H19N5O4/c1-5(18)9-7(19)8(20)12(21-9)17(3)11-6(14-2)10(13)15-4-16-11/h4-5,7-9,12,18-20H,2H2,1,3H3,(H2,13,15,16). The number of nitrogens with zero attached hydrogens (tertiary/aromatic N) is 4. The third-order valence-corrected chi connectivity index (χ3v) is 3.46. The van der Waals surface area contributed by atoms with Crippen molar-refractivity contribution >= 4 is 24.0 Å². The molecule has 0 amide bonds. The van der Waals surface area contributed by atoms with Crippen molar-refractivity contribution in [2.45, 2.75) is 37.6 Å². The molecule has 5 atom stereocenters. The number of ether oxygens (including phenoxy) is 1. The lowest BCUT2D eigenvalue weighted by molar-refractivity contribution is -0.0576. The molecule has 0 radical (unpaired) electrons. The summed E-state index contributed by atoms with van der Waals surface area (Å²) < 4.78 is 5.52. The number of rotatable bonds is 4. The second-order valence-electron chi connectivity index (χ2n) is 4.91. The fourth-order valence-corrected chi connectivity index (χ4v) is 2.32. The van der Waals surface area contributed by atoms with Crippen molar-refractivity contribution < 1.29 is 20.1 Å². The van der Waals surface area contributed by atoms with Crippen LogP contribution in [0.1, 0.15) is 6.92 Å². The third-order valence-electron chi connectivity index (χ3n) is 3.46. The van der Waals surface area contributed by atoms with Crippen molar-refractivity contribution in [1.29, 1.82) is 0 Å². The lowest BCUT2D eigenvalue weighted by Crippen LogP contribution is -2.42. The first-order valence-corrected chi connectivity index (χ1v) is 6.38. The molecule has 0 aliphatic carbocycles. The molecule has 1 aliphatic heterocycles. The van der Waals surface area contributed by atoms with Crippen LogP contribution in [0, 0.1) is 0 Å². The lowest BCUT2D eigenvalue weighted by atomic mass is 10.1. The van der Waals surface area contributed by atoms with Gasteiger partial charge in [0.25, 0.3) is 0 Å². The molecule has 1 aromatic heterocycles. The van der Waals surface area contributed by atoms with Gasteiger partial charge < -0.3 is 30.7 Å². The maximum Gasteiger partial charge on any atom is 0.162 e. The van der Waals surface area contributed by atoms with Gasteiger partial charge in [0.2, 0.25) is 0 Å². The van der Waals surface area contributed by atoms with Crippen LogP contribution in [0.3, 0.4) is 0 Å². The van der Waals surface area contributed by atoms with Crippen molar-refractivity contribution in [2.75, 3.05) is 17.7 Å². The number of aliphatic imine (C=N–C) groups is 1. The first-order chi connectivity index (χ1) is 9.88. The van der Waals surface area contributed by atoms with Crippen LogP contribution in [0.5, 0.6) is 0 Å². The van der Waals surface area contributed by atoms with Crippen molar-refractivity contribution in [3.05, 3.63) is 6.33 Å². The summed E-state index contributed by atoms with van der Waals surface area (Å²) in [6.45, 7) is 4.88. The van der Waals surface area contributed by atoms with Crippen LogP contribution in [0.15, 0.2) is 11.3 Å². The number of hydrogen-bond donors (Lipinski definition) is 4. The Balaban J connectivity index is 2.31. The maximum atomic E-state index is 10.1. The van der Waals surface area contributed by atoms with Gasteiger partial charge in [0.1, 0.15) is 30.3 Å². The van der Waals surface area contributed by atoms with Gasteiger partial charge in [-0.2, -0.15) is 0 Å². The second-order valence-corrected chi connectivity index (χ2v) is 4.91. The summed E-state index contributed by atoms with van der Waals surface area (Å²) in [5.41, 5.74) is 5.96. The van der Waals surface area contributed by atoms with E-state index in [0.717, 1.165) is 0 Å². The highest BCUT2D eigenvalue weighted by molar-refractivity contribution is 5.74. The van der Waals surface area contributed by atoms with Gasteiger partial charge in [-0.1, -0.05) is 0 Å². The first kappa shape index (κ1) is 15.6. The summed E-state index contributed by atoms with van der Waals surface area (Å²) in [5, 5.41) is 29.6. The zero-order chi connectivity index (χ0) is 15.7. The molecule has 1 aliphatic rings. The van der Waals surface area contributed by atoms with Gasteiger partial charge in [-0.25, -0.2) is 9.97 Å². The van der Waals surface area contributed by atoms with E-state index in [1.165, 1.54) is 18.2 Å². The Kier molecular flexibility index (Phi) is 4.37. The smallest absolute Gasteiger partial charge is 0.162 e. The van der Waals surface area contributed by atoms with Gasteiger partial charge in [-0.3, -0.25) is 4.99 Å². The van der Waals surface area contributed by atoms with Gasteiger partial charge in [0.15, 0.2) is 17.9 Å². The van der Waals surface area contributed by atoms with Crippen LogP contribution >= 0.6 is 0 Å². The van der Waals surface area contributed by atoms with E-state index >= 15 is 0 Å². The Morgan fingerprint density at radius 2 is 2.10 bits per heavy atom. The molecule has 116 valence electrons. The third kappa shape index (κ3) is 2.68. The zero-order valence-electron chi connectivity index (χ0n) is 11.8. The minimum absolute atomic E-state index is 0.141. The largest absolute Gasteiger partial charge is 0.391 e. The summed E-state index contributed by atoms with van der Waals surface area (Å²) in [7, 11) is 1.60. The van der Waals surface area contributed by atoms with E-state index in [9.17, 15) is 15.3 Å². The molecule has 0 aromatic carbocycles. The molecule has 5 N–H and O–H groups in total. The molecule has 1 fully saturated rings. The number of nitrogen functional groups attached to an aromatic ring is 1. The Morgan fingerprint density at radius 1 is 1.43 bits per heavy atom. The normalized spacial score (nSPS) is 30.1. The Morgan fingerprint density at radius 3 is 2.62 bits per heavy atom. The molecule has 2 heterocycles. The van der Waals surface area contributed by atoms with E-state index in [0.29, 0.717) is 5.82 Å². The van der Waals surface area contributed by atoms with Gasteiger partial charge in [-0.15, -0.1) is 0 Å². The van der Waals surface area contributed by atoms with Gasteiger partial charge >= 0.3 is 0 Å². The zero-order valence-corrected chi connectivity index (χ0v) is 11.8. The molecule has 2 rings (SSSR count). The highest BCUT2D eigenvalue weighted by atomic mass is 16.6. The van der Waals surface area contributed by atoms with Crippen molar-refractivity contribution in [2.24, 2.45) is 4.99 Å². The first-order valence-electron chi connectivity index (χ1n) is 6.38. The minimum Gasteiger partial charge on any atom is -0.391 e. The Hall–Kier alpha value is -1.81. The predicted octanol–water partition coefficient (Wildman–Crippen LogP) is -1.35. The summed E-state index contributed by atoms with van der Waals surface area (Å²) in [5.74, 6) is 0.446. The number of aliphatic hydroxyl groups excluding tert-OH is 3. The lowest BCUT2D eigenvalue weighted by Gasteiger charge is -2.28. The molecule has 9 nitrogen and oxygen atoms in total. The van der Waals surface area contributed by atoms with Crippen LogP contribution in [-0.2, 0) is 4.74 Å². The molecule has 9 heteroatoms. The fraction of sp³-hybridized carbons (Fsp3) is 0.583. The molecular formula is C12H19N5O4. The summed E-state index contributed by atoms with van der Waals surface area (Å²) in [4.78, 5) is 13.1. The SMILES string of the molecule is C=Nc1c(N)ncnc1N(C)C1OC(C(C)O)C(O)C1O. The topological polar surface area (TPSA) is 137 Å². The van der Waals surface area contributed by atoms with E-state index in [-0.39, 0.29) is 11.5 Å². The monoisotopic (exact) mass is 297 g/mol. The number of hydrogen-bond acceptors (Lipinski definition) is 9. The van der Waals surface area contributed by atoms with Crippen LogP contribution in [0.25, 0.3) is 0 Å². The average molecular weight is 297 g/mol. The van der Waals surface area contributed by atoms with Gasteiger partial charge in [0, 0.05) is 7.05 Å². The Labute approximate surface area is 121 Å². The van der Waals surface area contributed by atoms with Gasteiger partial charge in [-0.05, 0) is 13.6 Å². The minimum atomic E-state index is -1.22. The van der Waals surface area contributed by atoms with Crippen LogP contribution < -0.4 is 10.6 Å². The van der Waals surface area contributed by atoms with E-state index in [2.05, 4.69) is 21.7 Å². The van der Waals surface area contributed by atoms with Crippen molar-refractivity contribution in [1.82, 2.24) is 9.97 Å². The average Bonchev–Trinajstić information content (AvgIpc) is 2.74. The molecule has 1 saturated heterocycles. The second kappa shape index (κ2) is 5.90. The summed E-state index contributed by atoms with van der Waals surface area (Å²) in [6, 6.07) is 0. The molecule has 21 heavy (non-hydrogen) atoms. The fourth-order valence-electron chi connectivity index (χ4n) is 2.32. The number of likely N-dealkylation sites (N-methyl/N-ethyl adjacent to an activating group) is 1. The summed E-state index contributed by atoms with van der Waals surface area (Å²) in [6.07, 6.45) is -3.92. The molecule has 0 spiro atoms. The van der Waals surface area contributed by atoms with Crippen LogP contribution in [0.4, 0.5) is 17.3 Å². The van der Waals surface area contributed by atoms with Crippen molar-refractivity contribution in [3.63, 3.8) is 0 Å². The highest BCUT2D eigenvalue weighted by Crippen LogP contribution is 2.34. The molecule has 0 saturated carbocycles. The van der Waals surface area contributed by atoms with E-state index in [1.54, 1.807) is 7.05 Å². The molecule has 5 unspecified atom stereocenters. The predicted molar refractivity (Wildman–Crippen MR) is 76.4 cm³/mol. The number of aromatic nitrogens is 2. The van der Waals surface area contributed by atoms with Crippen LogP contribution in [0.2, 0.25) is 0 Å². The van der Waals surface area contributed by atoms with Crippen LogP contribution in [-0.4, -0.2) is 69.7 Å². The molecule has 1 aromatic rings. The number of aliphatic hydroxyl groups is 3. The highest BCUT2D eigenvalue weighted by Gasteiger charge is 2.47. The Bertz CT molecular complexity index is 526. The van der Waals surface area contributed by atoms with Crippen molar-refractivity contribution in [3.8, 4) is 0 Å².